The lowest BCUT2D eigenvalue weighted by atomic mass is 10.5. The third-order valence-corrected chi connectivity index (χ3v) is 1.55. The highest BCUT2D eigenvalue weighted by molar-refractivity contribution is 5.69. The van der Waals surface area contributed by atoms with E-state index in [2.05, 4.69) is 5.10 Å². The van der Waals surface area contributed by atoms with Crippen LogP contribution >= 0.6 is 0 Å². The number of nitrogens with two attached hydrogens (primary N) is 1. The molecule has 72 valence electrons. The number of aromatic nitrogens is 2. The van der Waals surface area contributed by atoms with Gasteiger partial charge < -0.3 is 15.7 Å². The van der Waals surface area contributed by atoms with Gasteiger partial charge in [0.15, 0.2) is 0 Å². The Balaban J connectivity index is 3.00. The molecule has 1 heterocycles. The number of nitrogens with zero attached hydrogens (tertiary/aromatic N) is 3. The zero-order valence-corrected chi connectivity index (χ0v) is 7.56. The fourth-order valence-corrected chi connectivity index (χ4v) is 1.13. The second kappa shape index (κ2) is 3.34. The van der Waals surface area contributed by atoms with Crippen LogP contribution in [0.3, 0.4) is 0 Å². The topological polar surface area (TPSA) is 84.4 Å². The molecule has 0 aliphatic rings. The zero-order valence-electron chi connectivity index (χ0n) is 7.56. The summed E-state index contributed by atoms with van der Waals surface area (Å²) in [5.74, 6) is -0.325. The van der Waals surface area contributed by atoms with Crippen LogP contribution in [-0.4, -0.2) is 35.0 Å². The Morgan fingerprint density at radius 3 is 2.85 bits per heavy atom. The number of anilines is 2. The molecule has 0 aliphatic carbocycles. The summed E-state index contributed by atoms with van der Waals surface area (Å²) in [6, 6.07) is 0. The maximum absolute atomic E-state index is 10.4. The number of hydrogen-bond donors (Lipinski definition) is 2. The predicted molar refractivity (Wildman–Crippen MR) is 48.6 cm³/mol. The SMILES string of the molecule is CN(C)c1c(N)cnn1CC(=O)O. The van der Waals surface area contributed by atoms with E-state index in [1.807, 2.05) is 0 Å². The molecule has 1 rings (SSSR count). The highest BCUT2D eigenvalue weighted by Gasteiger charge is 2.11. The van der Waals surface area contributed by atoms with E-state index in [-0.39, 0.29) is 6.54 Å². The lowest BCUT2D eigenvalue weighted by molar-refractivity contribution is -0.137. The van der Waals surface area contributed by atoms with Gasteiger partial charge in [-0.25, -0.2) is 4.68 Å². The Hall–Kier alpha value is -1.72. The first-order valence-corrected chi connectivity index (χ1v) is 3.72. The van der Waals surface area contributed by atoms with Gasteiger partial charge in [-0.3, -0.25) is 4.79 Å². The normalized spacial score (nSPS) is 10.0. The molecule has 0 aliphatic heterocycles. The molecule has 3 N–H and O–H groups in total. The van der Waals surface area contributed by atoms with E-state index in [9.17, 15) is 4.79 Å². The van der Waals surface area contributed by atoms with Gasteiger partial charge in [0.25, 0.3) is 0 Å². The summed E-state index contributed by atoms with van der Waals surface area (Å²) in [6.07, 6.45) is 1.44. The molecule has 13 heavy (non-hydrogen) atoms. The standard InChI is InChI=1S/C7H12N4O2/c1-10(2)7-5(8)3-9-11(7)4-6(12)13/h3H,4,8H2,1-2H3,(H,12,13). The first kappa shape index (κ1) is 9.37. The molecule has 0 radical (unpaired) electrons. The van der Waals surface area contributed by atoms with Crippen molar-refractivity contribution in [3.8, 4) is 0 Å². The Bertz CT molecular complexity index is 318. The van der Waals surface area contributed by atoms with E-state index in [4.69, 9.17) is 10.8 Å². The van der Waals surface area contributed by atoms with Gasteiger partial charge in [-0.05, 0) is 0 Å². The summed E-state index contributed by atoms with van der Waals surface area (Å²) in [5.41, 5.74) is 6.08. The smallest absolute Gasteiger partial charge is 0.325 e. The first-order valence-electron chi connectivity index (χ1n) is 3.72. The van der Waals surface area contributed by atoms with Crippen molar-refractivity contribution in [2.45, 2.75) is 6.54 Å². The summed E-state index contributed by atoms with van der Waals surface area (Å²) in [6.45, 7) is -0.176. The third kappa shape index (κ3) is 1.90. The Labute approximate surface area is 75.6 Å². The van der Waals surface area contributed by atoms with Gasteiger partial charge in [-0.1, -0.05) is 0 Å². The molecular weight excluding hydrogens is 172 g/mol. The molecule has 0 saturated heterocycles. The molecule has 0 fully saturated rings. The maximum atomic E-state index is 10.4. The van der Waals surface area contributed by atoms with Gasteiger partial charge >= 0.3 is 5.97 Å². The van der Waals surface area contributed by atoms with E-state index in [1.165, 1.54) is 10.9 Å². The van der Waals surface area contributed by atoms with Crippen molar-refractivity contribution in [2.75, 3.05) is 24.7 Å². The van der Waals surface area contributed by atoms with Crippen molar-refractivity contribution in [3.05, 3.63) is 6.20 Å². The highest BCUT2D eigenvalue weighted by atomic mass is 16.4. The molecule has 0 aromatic carbocycles. The molecule has 0 spiro atoms. The van der Waals surface area contributed by atoms with Crippen LogP contribution in [0.1, 0.15) is 0 Å². The minimum atomic E-state index is -0.939. The van der Waals surface area contributed by atoms with Gasteiger partial charge in [0.1, 0.15) is 12.4 Å². The van der Waals surface area contributed by atoms with Crippen LogP contribution in [0.25, 0.3) is 0 Å². The molecule has 1 aromatic rings. The van der Waals surface area contributed by atoms with Crippen LogP contribution in [0.4, 0.5) is 11.5 Å². The van der Waals surface area contributed by atoms with Crippen molar-refractivity contribution >= 4 is 17.5 Å². The van der Waals surface area contributed by atoms with E-state index in [0.717, 1.165) is 0 Å². The summed E-state index contributed by atoms with van der Waals surface area (Å²) in [4.78, 5) is 12.2. The van der Waals surface area contributed by atoms with Crippen molar-refractivity contribution in [1.82, 2.24) is 9.78 Å². The lowest BCUT2D eigenvalue weighted by Crippen LogP contribution is -2.19. The number of hydrogen-bond acceptors (Lipinski definition) is 4. The maximum Gasteiger partial charge on any atom is 0.325 e. The average Bonchev–Trinajstić information content (AvgIpc) is 2.30. The zero-order chi connectivity index (χ0) is 10.0. The molecule has 6 nitrogen and oxygen atoms in total. The van der Waals surface area contributed by atoms with Gasteiger partial charge in [0.2, 0.25) is 0 Å². The molecule has 6 heteroatoms. The Morgan fingerprint density at radius 2 is 2.38 bits per heavy atom. The largest absolute Gasteiger partial charge is 0.480 e. The van der Waals surface area contributed by atoms with Crippen molar-refractivity contribution in [3.63, 3.8) is 0 Å². The molecule has 0 bridgehead atoms. The summed E-state index contributed by atoms with van der Waals surface area (Å²) < 4.78 is 1.34. The van der Waals surface area contributed by atoms with Crippen LogP contribution in [-0.2, 0) is 11.3 Å². The quantitative estimate of drug-likeness (QED) is 0.668. The monoisotopic (exact) mass is 184 g/mol. The summed E-state index contributed by atoms with van der Waals surface area (Å²) in [7, 11) is 3.57. The van der Waals surface area contributed by atoms with Crippen molar-refractivity contribution in [1.29, 1.82) is 0 Å². The number of carboxylic acid groups (broad SMARTS) is 1. The van der Waals surface area contributed by atoms with Crippen LogP contribution in [0.2, 0.25) is 0 Å². The summed E-state index contributed by atoms with van der Waals surface area (Å²) >= 11 is 0. The molecule has 0 atom stereocenters. The minimum Gasteiger partial charge on any atom is -0.480 e. The first-order chi connectivity index (χ1) is 6.02. The second-order valence-corrected chi connectivity index (χ2v) is 2.87. The fraction of sp³-hybridized carbons (Fsp3) is 0.429. The molecular formula is C7H12N4O2. The van der Waals surface area contributed by atoms with Gasteiger partial charge in [-0.15, -0.1) is 0 Å². The van der Waals surface area contributed by atoms with Crippen LogP contribution in [0.5, 0.6) is 0 Å². The molecule has 0 amide bonds. The van der Waals surface area contributed by atoms with Crippen LogP contribution < -0.4 is 10.6 Å². The van der Waals surface area contributed by atoms with E-state index < -0.39 is 5.97 Å². The second-order valence-electron chi connectivity index (χ2n) is 2.87. The van der Waals surface area contributed by atoms with Gasteiger partial charge in [0, 0.05) is 14.1 Å². The fourth-order valence-electron chi connectivity index (χ4n) is 1.13. The highest BCUT2D eigenvalue weighted by Crippen LogP contribution is 2.19. The number of nitrogen functional groups attached to an aromatic ring is 1. The Morgan fingerprint density at radius 1 is 1.77 bits per heavy atom. The molecule has 0 saturated carbocycles. The third-order valence-electron chi connectivity index (χ3n) is 1.55. The van der Waals surface area contributed by atoms with E-state index in [0.29, 0.717) is 11.5 Å². The summed E-state index contributed by atoms with van der Waals surface area (Å²) in [5, 5.41) is 12.4. The number of carbonyl (C=O) groups is 1. The Kier molecular flexibility index (Phi) is 2.41. The molecule has 1 aromatic heterocycles. The predicted octanol–water partition coefficient (Wildman–Crippen LogP) is -0.384. The van der Waals surface area contributed by atoms with Gasteiger partial charge in [0.05, 0.1) is 11.9 Å². The van der Waals surface area contributed by atoms with Crippen LogP contribution in [0, 0.1) is 0 Å². The lowest BCUT2D eigenvalue weighted by Gasteiger charge is -2.14. The molecule has 0 unspecified atom stereocenters. The van der Waals surface area contributed by atoms with Gasteiger partial charge in [-0.2, -0.15) is 5.10 Å². The number of carboxylic acids is 1. The van der Waals surface area contributed by atoms with Crippen molar-refractivity contribution < 1.29 is 9.90 Å². The average molecular weight is 184 g/mol. The van der Waals surface area contributed by atoms with Crippen molar-refractivity contribution in [2.24, 2.45) is 0 Å². The van der Waals surface area contributed by atoms with E-state index >= 15 is 0 Å². The van der Waals surface area contributed by atoms with E-state index in [1.54, 1.807) is 19.0 Å². The number of aliphatic carboxylic acids is 1. The van der Waals surface area contributed by atoms with Crippen LogP contribution in [0.15, 0.2) is 6.20 Å². The number of rotatable bonds is 3. The minimum absolute atomic E-state index is 0.176.